The Hall–Kier alpha value is -2.23. The monoisotopic (exact) mass is 889 g/mol. The van der Waals surface area contributed by atoms with Crippen molar-refractivity contribution in [3.63, 3.8) is 0 Å². The number of unbranched alkanes of at least 4 members (excludes halogenated alkanes) is 17. The number of phosphoric ester groups is 1. The van der Waals surface area contributed by atoms with Crippen molar-refractivity contribution in [2.75, 3.05) is 19.8 Å². The summed E-state index contributed by atoms with van der Waals surface area (Å²) in [6, 6.07) is 0. The van der Waals surface area contributed by atoms with Crippen molar-refractivity contribution in [2.24, 2.45) is 0 Å². The molecule has 0 bridgehead atoms. The Morgan fingerprint density at radius 2 is 0.967 bits per heavy atom. The largest absolute Gasteiger partial charge is 0.472 e. The van der Waals surface area contributed by atoms with Crippen molar-refractivity contribution in [1.82, 2.24) is 0 Å². The fraction of sp³-hybridized carbons (Fsp3) is 0.783. The Labute approximate surface area is 365 Å². The Bertz CT molecular complexity index is 1260. The van der Waals surface area contributed by atoms with Crippen LogP contribution in [0.25, 0.3) is 0 Å². The van der Waals surface area contributed by atoms with Gasteiger partial charge >= 0.3 is 19.8 Å². The molecule has 15 heteroatoms. The third-order valence-electron chi connectivity index (χ3n) is 10.5. The minimum atomic E-state index is -5.14. The summed E-state index contributed by atoms with van der Waals surface area (Å²) in [6.07, 6.45) is 27.5. The first kappa shape index (κ1) is 56.8. The Morgan fingerprint density at radius 3 is 1.48 bits per heavy atom. The SMILES string of the molecule is CCCCCCCCCCCCCCCCC(=O)OCC(COP(=O)(O)OC1C(O)C(O)C(O)C(O)C1O)OC(=O)CCC/C=C\C/C=C\C/C=C\C/C=C\CCCCCO. The molecule has 61 heavy (non-hydrogen) atoms. The number of esters is 2. The molecule has 1 fully saturated rings. The molecule has 0 aromatic carbocycles. The number of hydrogen-bond acceptors (Lipinski definition) is 13. The average molecular weight is 889 g/mol. The molecule has 1 aliphatic carbocycles. The standard InChI is InChI=1S/C46H81O14P/c1-2-3-4-5-6-7-8-9-15-18-21-24-27-30-33-39(48)57-36-38(37-58-61(55,56)60-46-44(53)42(51)41(50)43(52)45(46)54)59-40(49)34-31-28-25-22-19-16-13-11-10-12-14-17-20-23-26-29-32-35-47/h10,12-13,16-17,20,22,25,38,41-47,50-54H,2-9,11,14-15,18-19,21,23-24,26-37H2,1H3,(H,55,56)/b12-10-,16-13-,20-17-,25-22-. The molecule has 0 aliphatic heterocycles. The molecule has 1 aliphatic rings. The predicted octanol–water partition coefficient (Wildman–Crippen LogP) is 7.75. The van der Waals surface area contributed by atoms with E-state index in [1.165, 1.54) is 64.2 Å². The molecule has 1 saturated carbocycles. The number of carbonyl (C=O) groups is 2. The summed E-state index contributed by atoms with van der Waals surface area (Å²) in [6.45, 7) is 1.26. The minimum Gasteiger partial charge on any atom is -0.462 e. The summed E-state index contributed by atoms with van der Waals surface area (Å²) < 4.78 is 33.4. The van der Waals surface area contributed by atoms with Crippen LogP contribution in [0.4, 0.5) is 0 Å². The van der Waals surface area contributed by atoms with E-state index >= 15 is 0 Å². The van der Waals surface area contributed by atoms with E-state index in [4.69, 9.17) is 23.6 Å². The normalized spacial score (nSPS) is 22.4. The van der Waals surface area contributed by atoms with Crippen LogP contribution in [0.15, 0.2) is 48.6 Å². The summed E-state index contributed by atoms with van der Waals surface area (Å²) in [5, 5.41) is 58.9. The number of aliphatic hydroxyl groups is 6. The average Bonchev–Trinajstić information content (AvgIpc) is 3.24. The van der Waals surface area contributed by atoms with E-state index in [9.17, 15) is 44.6 Å². The van der Waals surface area contributed by atoms with Crippen LogP contribution >= 0.6 is 7.82 Å². The fourth-order valence-electron chi connectivity index (χ4n) is 6.73. The second kappa shape index (κ2) is 37.2. The molecule has 0 aromatic rings. The highest BCUT2D eigenvalue weighted by atomic mass is 31.2. The molecule has 0 radical (unpaired) electrons. The lowest BCUT2D eigenvalue weighted by Crippen LogP contribution is -2.64. The fourth-order valence-corrected chi connectivity index (χ4v) is 7.70. The van der Waals surface area contributed by atoms with Crippen LogP contribution in [0.3, 0.4) is 0 Å². The molecule has 6 unspecified atom stereocenters. The third kappa shape index (κ3) is 29.7. The molecule has 0 spiro atoms. The van der Waals surface area contributed by atoms with Gasteiger partial charge in [-0.2, -0.15) is 0 Å². The smallest absolute Gasteiger partial charge is 0.462 e. The van der Waals surface area contributed by atoms with E-state index in [-0.39, 0.29) is 19.4 Å². The minimum absolute atomic E-state index is 0.0113. The van der Waals surface area contributed by atoms with E-state index in [1.807, 2.05) is 12.2 Å². The maximum absolute atomic E-state index is 12.8. The van der Waals surface area contributed by atoms with Gasteiger partial charge in [-0.05, 0) is 57.8 Å². The van der Waals surface area contributed by atoms with Gasteiger partial charge in [0.05, 0.1) is 6.61 Å². The number of hydrogen-bond donors (Lipinski definition) is 7. The summed E-state index contributed by atoms with van der Waals surface area (Å²) in [5.41, 5.74) is 0. The van der Waals surface area contributed by atoms with E-state index in [0.717, 1.165) is 64.2 Å². The van der Waals surface area contributed by atoms with E-state index in [2.05, 4.69) is 43.4 Å². The van der Waals surface area contributed by atoms with Gasteiger partial charge in [0.15, 0.2) is 6.10 Å². The summed E-state index contributed by atoms with van der Waals surface area (Å²) in [4.78, 5) is 35.6. The van der Waals surface area contributed by atoms with Gasteiger partial charge in [-0.1, -0.05) is 145 Å². The number of allylic oxidation sites excluding steroid dienone is 8. The second-order valence-electron chi connectivity index (χ2n) is 16.0. The topological polar surface area (TPSA) is 230 Å². The zero-order valence-electron chi connectivity index (χ0n) is 36.9. The van der Waals surface area contributed by atoms with Crippen molar-refractivity contribution in [2.45, 2.75) is 210 Å². The lowest BCUT2D eigenvalue weighted by molar-refractivity contribution is -0.220. The Balaban J connectivity index is 2.50. The van der Waals surface area contributed by atoms with Gasteiger partial charge in [0.25, 0.3) is 0 Å². The van der Waals surface area contributed by atoms with Gasteiger partial charge in [0.1, 0.15) is 43.2 Å². The maximum Gasteiger partial charge on any atom is 0.472 e. The Kier molecular flexibility index (Phi) is 34.6. The summed E-state index contributed by atoms with van der Waals surface area (Å²) in [5.74, 6) is -1.18. The molecule has 0 amide bonds. The number of aliphatic hydroxyl groups excluding tert-OH is 6. The van der Waals surface area contributed by atoms with Crippen molar-refractivity contribution < 1.29 is 68.2 Å². The van der Waals surface area contributed by atoms with E-state index < -0.39 is 75.7 Å². The molecule has 354 valence electrons. The molecular formula is C46H81O14P. The van der Waals surface area contributed by atoms with Gasteiger partial charge in [0.2, 0.25) is 0 Å². The lowest BCUT2D eigenvalue weighted by atomic mass is 9.85. The van der Waals surface area contributed by atoms with Crippen LogP contribution in [0.5, 0.6) is 0 Å². The first-order chi connectivity index (χ1) is 29.4. The van der Waals surface area contributed by atoms with E-state index in [0.29, 0.717) is 19.3 Å². The second-order valence-corrected chi connectivity index (χ2v) is 17.4. The highest BCUT2D eigenvalue weighted by Gasteiger charge is 2.51. The molecule has 0 saturated heterocycles. The quantitative estimate of drug-likeness (QED) is 0.0136. The number of carbonyl (C=O) groups excluding carboxylic acids is 2. The number of phosphoric acid groups is 1. The zero-order valence-corrected chi connectivity index (χ0v) is 37.8. The van der Waals surface area contributed by atoms with Crippen LogP contribution < -0.4 is 0 Å². The molecule has 0 heterocycles. The van der Waals surface area contributed by atoms with Crippen molar-refractivity contribution in [3.05, 3.63) is 48.6 Å². The summed E-state index contributed by atoms with van der Waals surface area (Å²) >= 11 is 0. The van der Waals surface area contributed by atoms with Gasteiger partial charge in [-0.3, -0.25) is 18.6 Å². The first-order valence-electron chi connectivity index (χ1n) is 23.1. The maximum atomic E-state index is 12.8. The third-order valence-corrected chi connectivity index (χ3v) is 11.5. The molecule has 14 nitrogen and oxygen atoms in total. The van der Waals surface area contributed by atoms with Crippen LogP contribution in [0, 0.1) is 0 Å². The van der Waals surface area contributed by atoms with Crippen LogP contribution in [-0.2, 0) is 32.7 Å². The van der Waals surface area contributed by atoms with Gasteiger partial charge in [0, 0.05) is 19.4 Å². The van der Waals surface area contributed by atoms with Crippen molar-refractivity contribution >= 4 is 19.8 Å². The van der Waals surface area contributed by atoms with Crippen LogP contribution in [-0.4, -0.2) is 110 Å². The predicted molar refractivity (Wildman–Crippen MR) is 236 cm³/mol. The highest BCUT2D eigenvalue weighted by molar-refractivity contribution is 7.47. The van der Waals surface area contributed by atoms with Crippen molar-refractivity contribution in [1.29, 1.82) is 0 Å². The Morgan fingerprint density at radius 1 is 0.541 bits per heavy atom. The highest BCUT2D eigenvalue weighted by Crippen LogP contribution is 2.47. The zero-order chi connectivity index (χ0) is 45.0. The van der Waals surface area contributed by atoms with E-state index in [1.54, 1.807) is 0 Å². The molecule has 0 aromatic heterocycles. The van der Waals surface area contributed by atoms with Gasteiger partial charge in [-0.15, -0.1) is 0 Å². The van der Waals surface area contributed by atoms with Gasteiger partial charge in [-0.25, -0.2) is 4.57 Å². The molecule has 6 atom stereocenters. The number of rotatable bonds is 38. The first-order valence-corrected chi connectivity index (χ1v) is 24.5. The number of ether oxygens (including phenoxy) is 2. The lowest BCUT2D eigenvalue weighted by Gasteiger charge is -2.41. The molecule has 7 N–H and O–H groups in total. The van der Waals surface area contributed by atoms with Crippen LogP contribution in [0.2, 0.25) is 0 Å². The summed E-state index contributed by atoms with van der Waals surface area (Å²) in [7, 11) is -5.14. The van der Waals surface area contributed by atoms with Gasteiger partial charge < -0.3 is 45.0 Å². The molecule has 1 rings (SSSR count). The van der Waals surface area contributed by atoms with Crippen molar-refractivity contribution in [3.8, 4) is 0 Å². The molecular weight excluding hydrogens is 807 g/mol. The van der Waals surface area contributed by atoms with Crippen LogP contribution in [0.1, 0.15) is 167 Å².